The monoisotopic (exact) mass is 792 g/mol. The van der Waals surface area contributed by atoms with E-state index >= 15 is 0 Å². The van der Waals surface area contributed by atoms with Gasteiger partial charge >= 0.3 is 0 Å². The number of hydrogen-bond donors (Lipinski definition) is 0. The second kappa shape index (κ2) is 25.7. The van der Waals surface area contributed by atoms with Crippen molar-refractivity contribution in [3.63, 3.8) is 0 Å². The summed E-state index contributed by atoms with van der Waals surface area (Å²) < 4.78 is 0. The molecule has 0 aliphatic rings. The maximum atomic E-state index is 3.78. The molecule has 0 unspecified atom stereocenters. The lowest BCUT2D eigenvalue weighted by atomic mass is 10.0. The maximum Gasteiger partial charge on any atom is 0.0321 e. The smallest absolute Gasteiger partial charge is 0.0321 e. The SMILES string of the molecule is C=Cc1ccc(-c2ccccc2)cc1.C=Cc1ccc(C#Cc2ccccc2)cc1.C=Cc1cccc(C#Cc2ccccc2)c1.C=Cc1ccccc1C#Cc1ccccc1. The van der Waals surface area contributed by atoms with Crippen molar-refractivity contribution in [1.82, 2.24) is 0 Å². The minimum Gasteiger partial charge on any atom is -0.0985 e. The van der Waals surface area contributed by atoms with Gasteiger partial charge < -0.3 is 0 Å². The third-order valence-corrected chi connectivity index (χ3v) is 9.07. The van der Waals surface area contributed by atoms with E-state index in [-0.39, 0.29) is 0 Å². The standard InChI is InChI=1S/3C16H12.C14H12/c1-2-15-10-6-7-11-16(15)13-12-14-8-4-3-5-9-14;1-2-14-9-6-10-16(13-14)12-11-15-7-4-3-5-8-15;1-2-14-8-10-16(11-9-14)13-12-15-6-4-3-5-7-15;1-2-12-8-10-14(11-9-12)13-6-4-3-5-7-13/h2-11H,1H2;2-10,13H,1H2;2-11H,1H2;2-11H,1H2. The Morgan fingerprint density at radius 3 is 1.11 bits per heavy atom. The third kappa shape index (κ3) is 15.6. The van der Waals surface area contributed by atoms with Crippen LogP contribution in [0.15, 0.2) is 245 Å². The van der Waals surface area contributed by atoms with Gasteiger partial charge in [0.25, 0.3) is 0 Å². The number of rotatable bonds is 5. The Morgan fingerprint density at radius 1 is 0.258 bits per heavy atom. The normalized spacial score (nSPS) is 9.16. The molecule has 8 aromatic rings. The third-order valence-electron chi connectivity index (χ3n) is 9.07. The highest BCUT2D eigenvalue weighted by Gasteiger charge is 1.95. The zero-order valence-corrected chi connectivity index (χ0v) is 34.9. The molecule has 0 saturated heterocycles. The molecule has 0 radical (unpaired) electrons. The maximum absolute atomic E-state index is 3.78. The van der Waals surface area contributed by atoms with E-state index in [9.17, 15) is 0 Å². The lowest BCUT2D eigenvalue weighted by molar-refractivity contribution is 1.59. The highest BCUT2D eigenvalue weighted by Crippen LogP contribution is 2.19. The van der Waals surface area contributed by atoms with Gasteiger partial charge in [-0.15, -0.1) is 0 Å². The molecule has 296 valence electrons. The summed E-state index contributed by atoms with van der Waals surface area (Å²) in [5.41, 5.74) is 13.1. The molecule has 0 amide bonds. The van der Waals surface area contributed by atoms with Crippen molar-refractivity contribution in [2.75, 3.05) is 0 Å². The molecule has 0 saturated carbocycles. The molecule has 0 heterocycles. The molecule has 0 fully saturated rings. The first-order chi connectivity index (χ1) is 30.6. The molecule has 0 heteroatoms. The second-order valence-corrected chi connectivity index (χ2v) is 13.5. The van der Waals surface area contributed by atoms with E-state index in [1.54, 1.807) is 0 Å². The summed E-state index contributed by atoms with van der Waals surface area (Å²) in [6.07, 6.45) is 7.34. The highest BCUT2D eigenvalue weighted by atomic mass is 14.0. The van der Waals surface area contributed by atoms with E-state index in [1.807, 2.05) is 194 Å². The molecular formula is C62H48. The Bertz CT molecular complexity index is 2810. The largest absolute Gasteiger partial charge is 0.0985 e. The van der Waals surface area contributed by atoms with Gasteiger partial charge in [-0.1, -0.05) is 238 Å². The average Bonchev–Trinajstić information content (AvgIpc) is 3.36. The number of benzene rings is 8. The van der Waals surface area contributed by atoms with Crippen LogP contribution in [0.1, 0.15) is 55.6 Å². The zero-order chi connectivity index (χ0) is 43.5. The molecule has 62 heavy (non-hydrogen) atoms. The van der Waals surface area contributed by atoms with Gasteiger partial charge in [0.05, 0.1) is 0 Å². The molecule has 0 nitrogen and oxygen atoms in total. The second-order valence-electron chi connectivity index (χ2n) is 13.5. The van der Waals surface area contributed by atoms with Crippen LogP contribution >= 0.6 is 0 Å². The topological polar surface area (TPSA) is 0 Å². The fraction of sp³-hybridized carbons (Fsp3) is 0. The summed E-state index contributed by atoms with van der Waals surface area (Å²) in [7, 11) is 0. The molecule has 0 aliphatic carbocycles. The van der Waals surface area contributed by atoms with E-state index < -0.39 is 0 Å². The van der Waals surface area contributed by atoms with Crippen molar-refractivity contribution in [2.24, 2.45) is 0 Å². The highest BCUT2D eigenvalue weighted by molar-refractivity contribution is 5.65. The van der Waals surface area contributed by atoms with Crippen LogP contribution in [0.5, 0.6) is 0 Å². The van der Waals surface area contributed by atoms with Crippen LogP contribution < -0.4 is 0 Å². The Balaban J connectivity index is 0.000000156. The Hall–Kier alpha value is -8.60. The van der Waals surface area contributed by atoms with Gasteiger partial charge in [0.15, 0.2) is 0 Å². The summed E-state index contributed by atoms with van der Waals surface area (Å²) in [5, 5.41) is 0. The lowest BCUT2D eigenvalue weighted by Crippen LogP contribution is -1.80. The predicted octanol–water partition coefficient (Wildman–Crippen LogP) is 15.2. The van der Waals surface area contributed by atoms with Crippen LogP contribution in [0.3, 0.4) is 0 Å². The van der Waals surface area contributed by atoms with Crippen LogP contribution in [0, 0.1) is 35.5 Å². The van der Waals surface area contributed by atoms with Gasteiger partial charge in [-0.25, -0.2) is 0 Å². The van der Waals surface area contributed by atoms with Gasteiger partial charge in [-0.2, -0.15) is 0 Å². The first kappa shape index (κ1) is 44.5. The molecular weight excluding hydrogens is 745 g/mol. The van der Waals surface area contributed by atoms with Gasteiger partial charge in [0, 0.05) is 33.4 Å². The van der Waals surface area contributed by atoms with Crippen LogP contribution in [0.25, 0.3) is 35.4 Å². The van der Waals surface area contributed by atoms with Crippen molar-refractivity contribution in [3.05, 3.63) is 300 Å². The van der Waals surface area contributed by atoms with E-state index in [0.29, 0.717) is 0 Å². The van der Waals surface area contributed by atoms with E-state index in [1.165, 1.54) is 11.1 Å². The molecule has 8 rings (SSSR count). The number of hydrogen-bond acceptors (Lipinski definition) is 0. The molecule has 0 spiro atoms. The molecule has 0 N–H and O–H groups in total. The molecule has 0 bridgehead atoms. The van der Waals surface area contributed by atoms with E-state index in [2.05, 4.69) is 110 Å². The molecule has 0 atom stereocenters. The fourth-order valence-electron chi connectivity index (χ4n) is 5.67. The lowest BCUT2D eigenvalue weighted by Gasteiger charge is -2.01. The van der Waals surface area contributed by atoms with E-state index in [4.69, 9.17) is 0 Å². The van der Waals surface area contributed by atoms with Crippen molar-refractivity contribution >= 4 is 24.3 Å². The van der Waals surface area contributed by atoms with Crippen molar-refractivity contribution < 1.29 is 0 Å². The predicted molar refractivity (Wildman–Crippen MR) is 269 cm³/mol. The first-order valence-corrected chi connectivity index (χ1v) is 20.2. The fourth-order valence-corrected chi connectivity index (χ4v) is 5.67. The van der Waals surface area contributed by atoms with Gasteiger partial charge in [0.2, 0.25) is 0 Å². The van der Waals surface area contributed by atoms with Crippen LogP contribution in [0.2, 0.25) is 0 Å². The summed E-state index contributed by atoms with van der Waals surface area (Å²) in [5.74, 6) is 18.8. The van der Waals surface area contributed by atoms with Crippen molar-refractivity contribution in [3.8, 4) is 46.6 Å². The minimum absolute atomic E-state index is 1.02. The Morgan fingerprint density at radius 2 is 0.629 bits per heavy atom. The molecule has 0 aromatic heterocycles. The van der Waals surface area contributed by atoms with Crippen molar-refractivity contribution in [1.29, 1.82) is 0 Å². The average molecular weight is 793 g/mol. The molecule has 8 aromatic carbocycles. The Labute approximate surface area is 369 Å². The summed E-state index contributed by atoms with van der Waals surface area (Å²) in [4.78, 5) is 0. The summed E-state index contributed by atoms with van der Waals surface area (Å²) in [6.45, 7) is 15.0. The van der Waals surface area contributed by atoms with Gasteiger partial charge in [0.1, 0.15) is 0 Å². The van der Waals surface area contributed by atoms with Gasteiger partial charge in [-0.05, 0) is 100 Å². The zero-order valence-electron chi connectivity index (χ0n) is 34.9. The van der Waals surface area contributed by atoms with E-state index in [0.717, 1.165) is 55.6 Å². The van der Waals surface area contributed by atoms with Gasteiger partial charge in [-0.3, -0.25) is 0 Å². The first-order valence-electron chi connectivity index (χ1n) is 20.2. The van der Waals surface area contributed by atoms with Crippen LogP contribution in [-0.4, -0.2) is 0 Å². The van der Waals surface area contributed by atoms with Crippen molar-refractivity contribution in [2.45, 2.75) is 0 Å². The van der Waals surface area contributed by atoms with Crippen LogP contribution in [-0.2, 0) is 0 Å². The quantitative estimate of drug-likeness (QED) is 0.152. The minimum atomic E-state index is 1.02. The summed E-state index contributed by atoms with van der Waals surface area (Å²) >= 11 is 0. The Kier molecular flexibility index (Phi) is 18.4. The molecule has 0 aliphatic heterocycles. The summed E-state index contributed by atoms with van der Waals surface area (Å²) in [6, 6.07) is 72.8. The van der Waals surface area contributed by atoms with Crippen LogP contribution in [0.4, 0.5) is 0 Å².